The Labute approximate surface area is 149 Å². The van der Waals surface area contributed by atoms with Crippen molar-refractivity contribution in [2.75, 3.05) is 17.2 Å². The molecule has 0 bridgehead atoms. The molecule has 1 saturated carbocycles. The van der Waals surface area contributed by atoms with Gasteiger partial charge in [-0.15, -0.1) is 0 Å². The maximum absolute atomic E-state index is 12.3. The highest BCUT2D eigenvalue weighted by Gasteiger charge is 2.24. The zero-order valence-electron chi connectivity index (χ0n) is 15.0. The maximum Gasteiger partial charge on any atom is 0.244 e. The van der Waals surface area contributed by atoms with Crippen LogP contribution in [0.4, 0.5) is 11.4 Å². The van der Waals surface area contributed by atoms with E-state index in [1.807, 2.05) is 0 Å². The second kappa shape index (κ2) is 9.20. The van der Waals surface area contributed by atoms with E-state index in [4.69, 9.17) is 0 Å². The first-order valence-electron chi connectivity index (χ1n) is 8.90. The molecule has 0 aliphatic heterocycles. The first-order valence-corrected chi connectivity index (χ1v) is 8.90. The van der Waals surface area contributed by atoms with Gasteiger partial charge in [-0.25, -0.2) is 0 Å². The number of benzene rings is 1. The van der Waals surface area contributed by atoms with Crippen molar-refractivity contribution in [2.45, 2.75) is 58.4 Å². The minimum absolute atomic E-state index is 0.0527. The molecule has 25 heavy (non-hydrogen) atoms. The molecule has 1 fully saturated rings. The molecule has 0 aromatic heterocycles. The van der Waals surface area contributed by atoms with Gasteiger partial charge in [0.25, 0.3) is 0 Å². The van der Waals surface area contributed by atoms with Gasteiger partial charge in [0, 0.05) is 31.3 Å². The van der Waals surface area contributed by atoms with Gasteiger partial charge in [-0.05, 0) is 37.1 Å². The number of amides is 3. The van der Waals surface area contributed by atoms with Gasteiger partial charge in [-0.3, -0.25) is 14.4 Å². The third-order valence-corrected chi connectivity index (χ3v) is 4.47. The van der Waals surface area contributed by atoms with Crippen LogP contribution in [0.5, 0.6) is 0 Å². The molecule has 1 aliphatic carbocycles. The third-order valence-electron chi connectivity index (χ3n) is 4.47. The Morgan fingerprint density at radius 1 is 0.920 bits per heavy atom. The normalized spacial score (nSPS) is 15.1. The zero-order valence-corrected chi connectivity index (χ0v) is 15.0. The molecule has 2 rings (SSSR count). The van der Waals surface area contributed by atoms with Crippen LogP contribution in [-0.4, -0.2) is 35.2 Å². The quantitative estimate of drug-likeness (QED) is 0.805. The van der Waals surface area contributed by atoms with E-state index in [0.29, 0.717) is 11.4 Å². The number of nitrogens with zero attached hydrogens (tertiary/aromatic N) is 1. The fourth-order valence-electron chi connectivity index (χ4n) is 3.26. The summed E-state index contributed by atoms with van der Waals surface area (Å²) in [6, 6.07) is 7.07. The summed E-state index contributed by atoms with van der Waals surface area (Å²) in [6.45, 7) is 3.05. The van der Waals surface area contributed by atoms with Gasteiger partial charge in [0.2, 0.25) is 17.7 Å². The van der Waals surface area contributed by atoms with Crippen molar-refractivity contribution in [1.82, 2.24) is 4.90 Å². The minimum Gasteiger partial charge on any atom is -0.331 e. The number of hydrogen-bond acceptors (Lipinski definition) is 3. The Morgan fingerprint density at radius 3 is 1.92 bits per heavy atom. The predicted octanol–water partition coefficient (Wildman–Crippen LogP) is 3.15. The number of hydrogen-bond donors (Lipinski definition) is 2. The standard InChI is InChI=1S/C19H27N3O3/c1-14(23)20-16-9-11-17(12-10-16)21-19(25)13-22(15(2)24)18-7-5-3-4-6-8-18/h9-12,18H,3-8,13H2,1-2H3,(H,20,23)(H,21,25). The fourth-order valence-corrected chi connectivity index (χ4v) is 3.26. The van der Waals surface area contributed by atoms with Gasteiger partial charge in [-0.1, -0.05) is 25.7 Å². The summed E-state index contributed by atoms with van der Waals surface area (Å²) in [7, 11) is 0. The molecule has 6 heteroatoms. The molecule has 3 amide bonds. The van der Waals surface area contributed by atoms with E-state index in [-0.39, 0.29) is 30.3 Å². The van der Waals surface area contributed by atoms with Crippen LogP contribution in [-0.2, 0) is 14.4 Å². The Morgan fingerprint density at radius 2 is 1.44 bits per heavy atom. The summed E-state index contributed by atoms with van der Waals surface area (Å²) in [5.74, 6) is -0.396. The zero-order chi connectivity index (χ0) is 18.2. The van der Waals surface area contributed by atoms with Crippen LogP contribution >= 0.6 is 0 Å². The van der Waals surface area contributed by atoms with Crippen molar-refractivity contribution in [3.63, 3.8) is 0 Å². The molecule has 0 unspecified atom stereocenters. The van der Waals surface area contributed by atoms with Crippen LogP contribution < -0.4 is 10.6 Å². The topological polar surface area (TPSA) is 78.5 Å². The lowest BCUT2D eigenvalue weighted by Crippen LogP contribution is -2.43. The average molecular weight is 345 g/mol. The average Bonchev–Trinajstić information content (AvgIpc) is 2.83. The largest absolute Gasteiger partial charge is 0.331 e. The molecular formula is C19H27N3O3. The van der Waals surface area contributed by atoms with E-state index in [2.05, 4.69) is 10.6 Å². The smallest absolute Gasteiger partial charge is 0.244 e. The molecule has 0 radical (unpaired) electrons. The number of anilines is 2. The third kappa shape index (κ3) is 6.21. The second-order valence-corrected chi connectivity index (χ2v) is 6.60. The molecule has 1 aromatic rings. The van der Waals surface area contributed by atoms with Gasteiger partial charge in [0.15, 0.2) is 0 Å². The molecular weight excluding hydrogens is 318 g/mol. The molecule has 136 valence electrons. The summed E-state index contributed by atoms with van der Waals surface area (Å²) in [5, 5.41) is 5.49. The van der Waals surface area contributed by atoms with E-state index in [9.17, 15) is 14.4 Å². The van der Waals surface area contributed by atoms with Gasteiger partial charge in [0.05, 0.1) is 0 Å². The maximum atomic E-state index is 12.3. The first kappa shape index (κ1) is 19.0. The van der Waals surface area contributed by atoms with Crippen molar-refractivity contribution in [3.8, 4) is 0 Å². The molecule has 1 aliphatic rings. The van der Waals surface area contributed by atoms with Gasteiger partial charge in [-0.2, -0.15) is 0 Å². The fraction of sp³-hybridized carbons (Fsp3) is 0.526. The van der Waals surface area contributed by atoms with Crippen LogP contribution in [0.2, 0.25) is 0 Å². The molecule has 0 saturated heterocycles. The second-order valence-electron chi connectivity index (χ2n) is 6.60. The SMILES string of the molecule is CC(=O)Nc1ccc(NC(=O)CN(C(C)=O)C2CCCCCC2)cc1. The van der Waals surface area contributed by atoms with Gasteiger partial charge < -0.3 is 15.5 Å². The Balaban J connectivity index is 1.94. The molecule has 2 N–H and O–H groups in total. The van der Waals surface area contributed by atoms with Gasteiger partial charge in [0.1, 0.15) is 6.54 Å². The number of carbonyl (C=O) groups excluding carboxylic acids is 3. The molecule has 0 atom stereocenters. The van der Waals surface area contributed by atoms with E-state index in [1.165, 1.54) is 26.7 Å². The van der Waals surface area contributed by atoms with E-state index < -0.39 is 0 Å². The van der Waals surface area contributed by atoms with E-state index >= 15 is 0 Å². The summed E-state index contributed by atoms with van der Waals surface area (Å²) in [6.07, 6.45) is 6.57. The lowest BCUT2D eigenvalue weighted by Gasteiger charge is -2.29. The Kier molecular flexibility index (Phi) is 6.98. The van der Waals surface area contributed by atoms with Crippen molar-refractivity contribution < 1.29 is 14.4 Å². The first-order chi connectivity index (χ1) is 12.0. The lowest BCUT2D eigenvalue weighted by molar-refractivity contribution is -0.135. The van der Waals surface area contributed by atoms with E-state index in [1.54, 1.807) is 29.2 Å². The summed E-state index contributed by atoms with van der Waals surface area (Å²) in [4.78, 5) is 37.1. The van der Waals surface area contributed by atoms with Crippen molar-refractivity contribution in [3.05, 3.63) is 24.3 Å². The summed E-state index contributed by atoms with van der Waals surface area (Å²) >= 11 is 0. The summed E-state index contributed by atoms with van der Waals surface area (Å²) < 4.78 is 0. The van der Waals surface area contributed by atoms with Crippen molar-refractivity contribution >= 4 is 29.1 Å². The lowest BCUT2D eigenvalue weighted by atomic mass is 10.1. The van der Waals surface area contributed by atoms with Crippen LogP contribution in [0.1, 0.15) is 52.4 Å². The Hall–Kier alpha value is -2.37. The highest BCUT2D eigenvalue weighted by atomic mass is 16.2. The van der Waals surface area contributed by atoms with Crippen LogP contribution in [0.25, 0.3) is 0 Å². The molecule has 6 nitrogen and oxygen atoms in total. The monoisotopic (exact) mass is 345 g/mol. The summed E-state index contributed by atoms with van der Waals surface area (Å²) in [5.41, 5.74) is 1.32. The molecule has 0 spiro atoms. The van der Waals surface area contributed by atoms with Gasteiger partial charge >= 0.3 is 0 Å². The van der Waals surface area contributed by atoms with Crippen molar-refractivity contribution in [1.29, 1.82) is 0 Å². The highest BCUT2D eigenvalue weighted by Crippen LogP contribution is 2.22. The molecule has 1 aromatic carbocycles. The van der Waals surface area contributed by atoms with Crippen molar-refractivity contribution in [2.24, 2.45) is 0 Å². The number of rotatable bonds is 5. The van der Waals surface area contributed by atoms with Crippen LogP contribution in [0.3, 0.4) is 0 Å². The van der Waals surface area contributed by atoms with E-state index in [0.717, 1.165) is 25.7 Å². The minimum atomic E-state index is -0.202. The Bertz CT molecular complexity index is 605. The number of nitrogens with one attached hydrogen (secondary N) is 2. The predicted molar refractivity (Wildman–Crippen MR) is 98.3 cm³/mol. The van der Waals surface area contributed by atoms with Crippen LogP contribution in [0.15, 0.2) is 24.3 Å². The van der Waals surface area contributed by atoms with Crippen LogP contribution in [0, 0.1) is 0 Å². The number of carbonyl (C=O) groups is 3. The highest BCUT2D eigenvalue weighted by molar-refractivity contribution is 5.95. The molecule has 0 heterocycles.